The minimum atomic E-state index is -3.17. The van der Waals surface area contributed by atoms with Crippen LogP contribution in [0.4, 0.5) is 0 Å². The Balaban J connectivity index is 1.55. The average molecular weight is 501 g/mol. The molecule has 3 heterocycles. The molecule has 3 rings (SSSR count). The van der Waals surface area contributed by atoms with E-state index in [1.165, 1.54) is 17.4 Å². The van der Waals surface area contributed by atoms with Crippen LogP contribution in [0.3, 0.4) is 0 Å². The molecule has 1 amide bonds. The van der Waals surface area contributed by atoms with Crippen LogP contribution in [0.25, 0.3) is 0 Å². The zero-order valence-electron chi connectivity index (χ0n) is 19.6. The van der Waals surface area contributed by atoms with E-state index in [4.69, 9.17) is 14.4 Å². The number of aliphatic carboxylic acids is 1. The van der Waals surface area contributed by atoms with Gasteiger partial charge in [-0.1, -0.05) is 0 Å². The number of carboxylic acid groups (broad SMARTS) is 1. The number of carbonyl (C=O) groups is 2. The number of H-pyrrole nitrogens is 1. The average Bonchev–Trinajstić information content (AvgIpc) is 2.78. The first-order valence-corrected chi connectivity index (χ1v) is 13.1. The molecule has 1 aromatic heterocycles. The maximum atomic E-state index is 13.2. The standard InChI is InChI=1S/C20H32N5O8P/c1-14-10-25(20(30)21-19(14)29)17-12-22(2)11-15(33-17)13-32-34(3,31)24-8-6-23(7-9-24)16(26)4-5-18(27)28/h10,15,17H,4-9,11-13H2,1-3H3,(H,27,28)(H,21,29,30)/t15-,17?,34?/m0/s1. The number of aryl methyl sites for hydroxylation is 1. The highest BCUT2D eigenvalue weighted by atomic mass is 31.2. The molecular weight excluding hydrogens is 469 g/mol. The molecule has 0 saturated carbocycles. The molecule has 2 N–H and O–H groups in total. The first kappa shape index (κ1) is 26.3. The fourth-order valence-corrected chi connectivity index (χ4v) is 5.54. The molecule has 34 heavy (non-hydrogen) atoms. The Hall–Kier alpha value is -2.31. The van der Waals surface area contributed by atoms with E-state index in [9.17, 15) is 23.7 Å². The van der Waals surface area contributed by atoms with Gasteiger partial charge in [-0.2, -0.15) is 0 Å². The Morgan fingerprint density at radius 2 is 1.88 bits per heavy atom. The smallest absolute Gasteiger partial charge is 0.330 e. The molecule has 14 heteroatoms. The summed E-state index contributed by atoms with van der Waals surface area (Å²) in [5.41, 5.74) is -0.615. The Kier molecular flexibility index (Phi) is 8.47. The summed E-state index contributed by atoms with van der Waals surface area (Å²) in [5.74, 6) is -1.25. The molecule has 190 valence electrons. The number of amides is 1. The Morgan fingerprint density at radius 1 is 1.21 bits per heavy atom. The van der Waals surface area contributed by atoms with Crippen molar-refractivity contribution < 1.29 is 28.5 Å². The van der Waals surface area contributed by atoms with Crippen LogP contribution in [-0.4, -0.2) is 107 Å². The predicted octanol–water partition coefficient (Wildman–Crippen LogP) is -0.477. The van der Waals surface area contributed by atoms with Crippen molar-refractivity contribution in [3.63, 3.8) is 0 Å². The summed E-state index contributed by atoms with van der Waals surface area (Å²) in [4.78, 5) is 52.5. The van der Waals surface area contributed by atoms with Gasteiger partial charge in [0.15, 0.2) is 6.23 Å². The number of aromatic nitrogens is 2. The van der Waals surface area contributed by atoms with E-state index >= 15 is 0 Å². The van der Waals surface area contributed by atoms with E-state index < -0.39 is 37.1 Å². The fraction of sp³-hybridized carbons (Fsp3) is 0.700. The summed E-state index contributed by atoms with van der Waals surface area (Å²) in [6.45, 7) is 5.52. The van der Waals surface area contributed by atoms with Crippen LogP contribution >= 0.6 is 7.52 Å². The number of nitrogens with zero attached hydrogens (tertiary/aromatic N) is 4. The number of carbonyl (C=O) groups excluding carboxylic acids is 1. The third-order valence-corrected chi connectivity index (χ3v) is 8.02. The summed E-state index contributed by atoms with van der Waals surface area (Å²) < 4.78 is 28.1. The molecule has 2 unspecified atom stereocenters. The molecule has 0 spiro atoms. The van der Waals surface area contributed by atoms with E-state index in [1.807, 2.05) is 11.9 Å². The number of likely N-dealkylation sites (N-methyl/N-ethyl adjacent to an activating group) is 1. The first-order chi connectivity index (χ1) is 16.0. The molecule has 2 saturated heterocycles. The zero-order chi connectivity index (χ0) is 25.0. The first-order valence-electron chi connectivity index (χ1n) is 11.1. The molecule has 0 bridgehead atoms. The van der Waals surface area contributed by atoms with Gasteiger partial charge in [-0.15, -0.1) is 0 Å². The van der Waals surface area contributed by atoms with Gasteiger partial charge in [0.05, 0.1) is 19.1 Å². The van der Waals surface area contributed by atoms with Crippen molar-refractivity contribution in [3.8, 4) is 0 Å². The minimum absolute atomic E-state index is 0.0451. The number of aromatic amines is 1. The highest BCUT2D eigenvalue weighted by Gasteiger charge is 2.34. The second-order valence-electron chi connectivity index (χ2n) is 8.74. The molecule has 1 aromatic rings. The van der Waals surface area contributed by atoms with Crippen molar-refractivity contribution >= 4 is 19.4 Å². The largest absolute Gasteiger partial charge is 0.481 e. The fourth-order valence-electron chi connectivity index (χ4n) is 4.03. The van der Waals surface area contributed by atoms with Crippen molar-refractivity contribution in [1.29, 1.82) is 0 Å². The van der Waals surface area contributed by atoms with Crippen molar-refractivity contribution in [2.45, 2.75) is 32.1 Å². The lowest BCUT2D eigenvalue weighted by Crippen LogP contribution is -2.49. The van der Waals surface area contributed by atoms with E-state index in [-0.39, 0.29) is 25.4 Å². The van der Waals surface area contributed by atoms with Gasteiger partial charge in [0, 0.05) is 64.1 Å². The predicted molar refractivity (Wildman–Crippen MR) is 122 cm³/mol. The van der Waals surface area contributed by atoms with E-state index in [2.05, 4.69) is 4.98 Å². The topological polar surface area (TPSA) is 154 Å². The van der Waals surface area contributed by atoms with Crippen LogP contribution in [0.2, 0.25) is 0 Å². The molecule has 2 aliphatic heterocycles. The van der Waals surface area contributed by atoms with E-state index in [1.54, 1.807) is 16.5 Å². The van der Waals surface area contributed by atoms with Gasteiger partial charge < -0.3 is 19.3 Å². The van der Waals surface area contributed by atoms with Crippen LogP contribution in [0, 0.1) is 6.92 Å². The van der Waals surface area contributed by atoms with Crippen molar-refractivity contribution in [3.05, 3.63) is 32.6 Å². The summed E-state index contributed by atoms with van der Waals surface area (Å²) in [6, 6.07) is 0. The molecule has 2 aliphatic rings. The van der Waals surface area contributed by atoms with E-state index in [0.29, 0.717) is 44.8 Å². The monoisotopic (exact) mass is 501 g/mol. The molecule has 0 aliphatic carbocycles. The third kappa shape index (κ3) is 6.63. The van der Waals surface area contributed by atoms with Crippen LogP contribution in [-0.2, 0) is 23.4 Å². The number of hydrogen-bond acceptors (Lipinski definition) is 8. The van der Waals surface area contributed by atoms with Crippen LogP contribution < -0.4 is 11.2 Å². The number of rotatable bonds is 8. The summed E-state index contributed by atoms with van der Waals surface area (Å²) >= 11 is 0. The summed E-state index contributed by atoms with van der Waals surface area (Å²) in [6.07, 6.45) is 0.115. The SMILES string of the molecule is Cc1cn(C2CN(C)C[C@@H](COP(C)(=O)N3CCN(C(=O)CCC(=O)O)CC3)O2)c(=O)[nH]c1=O. The van der Waals surface area contributed by atoms with Crippen molar-refractivity contribution in [2.75, 3.05) is 59.6 Å². The highest BCUT2D eigenvalue weighted by molar-refractivity contribution is 7.55. The second-order valence-corrected chi connectivity index (χ2v) is 11.2. The molecule has 13 nitrogen and oxygen atoms in total. The van der Waals surface area contributed by atoms with Crippen molar-refractivity contribution in [2.24, 2.45) is 0 Å². The quantitative estimate of drug-likeness (QED) is 0.447. The van der Waals surface area contributed by atoms with Gasteiger partial charge in [-0.3, -0.25) is 33.4 Å². The number of nitrogens with one attached hydrogen (secondary N) is 1. The lowest BCUT2D eigenvalue weighted by atomic mass is 10.2. The van der Waals surface area contributed by atoms with E-state index in [0.717, 1.165) is 0 Å². The number of hydrogen-bond donors (Lipinski definition) is 2. The van der Waals surface area contributed by atoms with Gasteiger partial charge in [-0.05, 0) is 14.0 Å². The number of ether oxygens (including phenoxy) is 1. The lowest BCUT2D eigenvalue weighted by molar-refractivity contribution is -0.141. The van der Waals surface area contributed by atoms with Crippen LogP contribution in [0.15, 0.2) is 15.8 Å². The van der Waals surface area contributed by atoms with Gasteiger partial charge in [0.25, 0.3) is 13.1 Å². The molecule has 2 fully saturated rings. The van der Waals surface area contributed by atoms with Crippen molar-refractivity contribution in [1.82, 2.24) is 24.0 Å². The second kappa shape index (κ2) is 11.0. The Bertz CT molecular complexity index is 1060. The normalized spacial score (nSPS) is 24.0. The van der Waals surface area contributed by atoms with Gasteiger partial charge >= 0.3 is 11.7 Å². The molecule has 3 atom stereocenters. The number of morpholine rings is 1. The van der Waals surface area contributed by atoms with Gasteiger partial charge in [-0.25, -0.2) is 9.46 Å². The Labute approximate surface area is 196 Å². The molecule has 0 aromatic carbocycles. The van der Waals surface area contributed by atoms with Crippen LogP contribution in [0.5, 0.6) is 0 Å². The third-order valence-electron chi connectivity index (χ3n) is 5.96. The molecule has 0 radical (unpaired) electrons. The zero-order valence-corrected chi connectivity index (χ0v) is 20.5. The lowest BCUT2D eigenvalue weighted by Gasteiger charge is -2.39. The maximum absolute atomic E-state index is 13.2. The van der Waals surface area contributed by atoms with Gasteiger partial charge in [0.2, 0.25) is 5.91 Å². The Morgan fingerprint density at radius 3 is 2.53 bits per heavy atom. The molecular formula is C20H32N5O8P. The minimum Gasteiger partial charge on any atom is -0.481 e. The maximum Gasteiger partial charge on any atom is 0.330 e. The number of carboxylic acids is 1. The summed E-state index contributed by atoms with van der Waals surface area (Å²) in [7, 11) is -1.30. The summed E-state index contributed by atoms with van der Waals surface area (Å²) in [5, 5.41) is 8.73. The number of piperazine rings is 1. The van der Waals surface area contributed by atoms with Gasteiger partial charge in [0.1, 0.15) is 0 Å². The van der Waals surface area contributed by atoms with Crippen LogP contribution in [0.1, 0.15) is 24.6 Å². The highest BCUT2D eigenvalue weighted by Crippen LogP contribution is 2.47.